The van der Waals surface area contributed by atoms with Gasteiger partial charge >= 0.3 is 12.1 Å². The van der Waals surface area contributed by atoms with E-state index in [9.17, 15) is 14.4 Å². The van der Waals surface area contributed by atoms with Crippen LogP contribution in [0.15, 0.2) is 48.5 Å². The highest BCUT2D eigenvalue weighted by Crippen LogP contribution is 2.15. The Labute approximate surface area is 222 Å². The first-order valence-electron chi connectivity index (χ1n) is 12.8. The second-order valence-corrected chi connectivity index (χ2v) is 9.08. The number of hydrogen-bond donors (Lipinski definition) is 2. The third kappa shape index (κ3) is 8.02. The van der Waals surface area contributed by atoms with Crippen LogP contribution in [-0.4, -0.2) is 105 Å². The minimum atomic E-state index is -0.635. The van der Waals surface area contributed by atoms with Gasteiger partial charge < -0.3 is 29.5 Å². The summed E-state index contributed by atoms with van der Waals surface area (Å²) in [4.78, 5) is 47.5. The SMILES string of the molecule is CN1CCN(C(=O)NCCOC(=O)Nc2ccc(C(=O)C=Cc3cccc(N4CCOCC4)n3)cc2)CC1. The Bertz CT molecular complexity index is 1130. The van der Waals surface area contributed by atoms with Crippen molar-refractivity contribution in [1.29, 1.82) is 0 Å². The molecule has 2 fully saturated rings. The van der Waals surface area contributed by atoms with Gasteiger partial charge in [-0.25, -0.2) is 14.6 Å². The lowest BCUT2D eigenvalue weighted by Crippen LogP contribution is -2.51. The number of morpholine rings is 1. The molecule has 11 heteroatoms. The molecule has 0 atom stereocenters. The molecule has 38 heavy (non-hydrogen) atoms. The number of ether oxygens (including phenoxy) is 2. The molecule has 1 aromatic carbocycles. The molecule has 0 bridgehead atoms. The zero-order valence-electron chi connectivity index (χ0n) is 21.6. The van der Waals surface area contributed by atoms with Crippen LogP contribution in [0.4, 0.5) is 21.1 Å². The third-order valence-electron chi connectivity index (χ3n) is 6.31. The molecule has 2 N–H and O–H groups in total. The largest absolute Gasteiger partial charge is 0.447 e. The molecule has 3 heterocycles. The first kappa shape index (κ1) is 27.1. The van der Waals surface area contributed by atoms with E-state index in [0.29, 0.717) is 43.2 Å². The van der Waals surface area contributed by atoms with Crippen LogP contribution in [0.1, 0.15) is 16.1 Å². The van der Waals surface area contributed by atoms with Crippen molar-refractivity contribution in [3.63, 3.8) is 0 Å². The molecule has 2 aromatic rings. The van der Waals surface area contributed by atoms with Gasteiger partial charge in [-0.2, -0.15) is 0 Å². The van der Waals surface area contributed by atoms with Gasteiger partial charge in [0.2, 0.25) is 0 Å². The van der Waals surface area contributed by atoms with Gasteiger partial charge in [0, 0.05) is 50.5 Å². The predicted octanol–water partition coefficient (Wildman–Crippen LogP) is 2.32. The fraction of sp³-hybridized carbons (Fsp3) is 0.407. The number of nitrogens with one attached hydrogen (secondary N) is 2. The van der Waals surface area contributed by atoms with Crippen LogP contribution < -0.4 is 15.5 Å². The molecule has 0 radical (unpaired) electrons. The van der Waals surface area contributed by atoms with Gasteiger partial charge in [-0.05, 0) is 55.6 Å². The quantitative estimate of drug-likeness (QED) is 0.308. The van der Waals surface area contributed by atoms with Crippen molar-refractivity contribution in [2.45, 2.75) is 0 Å². The molecule has 2 saturated heterocycles. The summed E-state index contributed by atoms with van der Waals surface area (Å²) in [6.45, 7) is 6.25. The van der Waals surface area contributed by atoms with Gasteiger partial charge in [0.1, 0.15) is 12.4 Å². The number of anilines is 2. The van der Waals surface area contributed by atoms with Gasteiger partial charge in [0.05, 0.1) is 25.5 Å². The van der Waals surface area contributed by atoms with E-state index >= 15 is 0 Å². The molecule has 2 aliphatic heterocycles. The lowest BCUT2D eigenvalue weighted by Gasteiger charge is -2.32. The summed E-state index contributed by atoms with van der Waals surface area (Å²) in [5, 5.41) is 5.37. The molecule has 11 nitrogen and oxygen atoms in total. The molecule has 2 aliphatic rings. The monoisotopic (exact) mass is 522 g/mol. The van der Waals surface area contributed by atoms with Crippen LogP contribution in [0.2, 0.25) is 0 Å². The molecule has 3 amide bonds. The molecular formula is C27H34N6O5. The number of nitrogens with zero attached hydrogens (tertiary/aromatic N) is 4. The maximum Gasteiger partial charge on any atom is 0.411 e. The molecule has 1 aromatic heterocycles. The average Bonchev–Trinajstić information content (AvgIpc) is 2.95. The minimum absolute atomic E-state index is 0.0491. The highest BCUT2D eigenvalue weighted by Gasteiger charge is 2.18. The second kappa shape index (κ2) is 13.5. The maximum absolute atomic E-state index is 12.6. The number of ketones is 1. The van der Waals surface area contributed by atoms with Crippen LogP contribution in [0.5, 0.6) is 0 Å². The number of benzene rings is 1. The fourth-order valence-electron chi connectivity index (χ4n) is 4.05. The van der Waals surface area contributed by atoms with Crippen molar-refractivity contribution in [3.8, 4) is 0 Å². The number of piperazine rings is 1. The average molecular weight is 523 g/mol. The summed E-state index contributed by atoms with van der Waals surface area (Å²) >= 11 is 0. The number of likely N-dealkylation sites (N-methyl/N-ethyl adjacent to an activating group) is 1. The van der Waals surface area contributed by atoms with E-state index in [0.717, 1.165) is 32.0 Å². The number of hydrogen-bond acceptors (Lipinski definition) is 8. The highest BCUT2D eigenvalue weighted by atomic mass is 16.5. The lowest BCUT2D eigenvalue weighted by atomic mass is 10.1. The molecule has 202 valence electrons. The van der Waals surface area contributed by atoms with Crippen LogP contribution in [0.25, 0.3) is 6.08 Å². The van der Waals surface area contributed by atoms with Crippen molar-refractivity contribution in [3.05, 3.63) is 59.8 Å². The summed E-state index contributed by atoms with van der Waals surface area (Å²) in [6, 6.07) is 12.1. The van der Waals surface area contributed by atoms with Crippen molar-refractivity contribution in [2.75, 3.05) is 82.9 Å². The first-order chi connectivity index (χ1) is 18.5. The van der Waals surface area contributed by atoms with E-state index in [4.69, 9.17) is 9.47 Å². The molecular weight excluding hydrogens is 488 g/mol. The summed E-state index contributed by atoms with van der Waals surface area (Å²) in [6.07, 6.45) is 2.54. The Morgan fingerprint density at radius 3 is 2.47 bits per heavy atom. The van der Waals surface area contributed by atoms with Gasteiger partial charge in [-0.3, -0.25) is 10.1 Å². The highest BCUT2D eigenvalue weighted by molar-refractivity contribution is 6.07. The molecule has 0 saturated carbocycles. The van der Waals surface area contributed by atoms with Crippen LogP contribution in [-0.2, 0) is 9.47 Å². The summed E-state index contributed by atoms with van der Waals surface area (Å²) in [5.41, 5.74) is 1.68. The maximum atomic E-state index is 12.6. The summed E-state index contributed by atoms with van der Waals surface area (Å²) in [5.74, 6) is 0.691. The second-order valence-electron chi connectivity index (χ2n) is 9.08. The standard InChI is InChI=1S/C27H34N6O5/c1-31-12-14-33(15-13-31)26(35)28-11-18-38-27(36)30-23-7-5-21(6-8-23)24(34)10-9-22-3-2-4-25(29-22)32-16-19-37-20-17-32/h2-10H,11-20H2,1H3,(H,28,35)(H,30,36). The lowest BCUT2D eigenvalue weighted by molar-refractivity contribution is 0.104. The number of pyridine rings is 1. The normalized spacial score (nSPS) is 16.3. The van der Waals surface area contributed by atoms with E-state index in [1.807, 2.05) is 25.2 Å². The van der Waals surface area contributed by atoms with Crippen molar-refractivity contribution < 1.29 is 23.9 Å². The zero-order chi connectivity index (χ0) is 26.7. The molecule has 0 aliphatic carbocycles. The van der Waals surface area contributed by atoms with Crippen LogP contribution >= 0.6 is 0 Å². The van der Waals surface area contributed by atoms with E-state index in [1.54, 1.807) is 35.2 Å². The van der Waals surface area contributed by atoms with Gasteiger partial charge in [0.15, 0.2) is 5.78 Å². The molecule has 0 spiro atoms. The number of amides is 3. The van der Waals surface area contributed by atoms with Crippen LogP contribution in [0.3, 0.4) is 0 Å². The zero-order valence-corrected chi connectivity index (χ0v) is 21.6. The summed E-state index contributed by atoms with van der Waals surface area (Å²) < 4.78 is 10.5. The van der Waals surface area contributed by atoms with Crippen molar-refractivity contribution in [2.24, 2.45) is 0 Å². The Morgan fingerprint density at radius 1 is 1.00 bits per heavy atom. The van der Waals surface area contributed by atoms with E-state index in [1.165, 1.54) is 6.08 Å². The topological polar surface area (TPSA) is 116 Å². The first-order valence-corrected chi connectivity index (χ1v) is 12.8. The number of urea groups is 1. The van der Waals surface area contributed by atoms with Gasteiger partial charge in [-0.1, -0.05) is 6.07 Å². The van der Waals surface area contributed by atoms with Crippen LogP contribution in [0, 0.1) is 0 Å². The molecule has 4 rings (SSSR count). The third-order valence-corrected chi connectivity index (χ3v) is 6.31. The Morgan fingerprint density at radius 2 is 1.74 bits per heavy atom. The van der Waals surface area contributed by atoms with E-state index in [-0.39, 0.29) is 25.0 Å². The van der Waals surface area contributed by atoms with E-state index < -0.39 is 6.09 Å². The molecule has 0 unspecified atom stereocenters. The fourth-order valence-corrected chi connectivity index (χ4v) is 4.05. The number of carbonyl (C=O) groups excluding carboxylic acids is 3. The van der Waals surface area contributed by atoms with E-state index in [2.05, 4.69) is 25.4 Å². The number of carbonyl (C=O) groups is 3. The smallest absolute Gasteiger partial charge is 0.411 e. The summed E-state index contributed by atoms with van der Waals surface area (Å²) in [7, 11) is 2.02. The Hall–Kier alpha value is -3.96. The number of rotatable bonds is 8. The Kier molecular flexibility index (Phi) is 9.65. The van der Waals surface area contributed by atoms with Crippen molar-refractivity contribution in [1.82, 2.24) is 20.1 Å². The predicted molar refractivity (Wildman–Crippen MR) is 145 cm³/mol. The van der Waals surface area contributed by atoms with Gasteiger partial charge in [-0.15, -0.1) is 0 Å². The number of allylic oxidation sites excluding steroid dienone is 1. The number of aromatic nitrogens is 1. The minimum Gasteiger partial charge on any atom is -0.447 e. The van der Waals surface area contributed by atoms with Crippen molar-refractivity contribution >= 4 is 35.5 Å². The Balaban J connectivity index is 1.18. The van der Waals surface area contributed by atoms with Gasteiger partial charge in [0.25, 0.3) is 0 Å².